The van der Waals surface area contributed by atoms with Crippen molar-refractivity contribution in [2.45, 2.75) is 157 Å². The van der Waals surface area contributed by atoms with Gasteiger partial charge in [0.15, 0.2) is 0 Å². The highest BCUT2D eigenvalue weighted by Crippen LogP contribution is 2.38. The lowest BCUT2D eigenvalue weighted by Gasteiger charge is -2.26. The van der Waals surface area contributed by atoms with E-state index in [1.165, 1.54) is 80.9 Å². The molecule has 0 radical (unpaired) electrons. The van der Waals surface area contributed by atoms with E-state index in [2.05, 4.69) is 91.8 Å². The molecule has 0 aliphatic carbocycles. The van der Waals surface area contributed by atoms with Crippen LogP contribution in [-0.2, 0) is 51.4 Å². The van der Waals surface area contributed by atoms with Crippen molar-refractivity contribution in [2.75, 3.05) is 0 Å². The van der Waals surface area contributed by atoms with Crippen LogP contribution < -0.4 is 0 Å². The van der Waals surface area contributed by atoms with E-state index in [1.54, 1.807) is 33.4 Å². The summed E-state index contributed by atoms with van der Waals surface area (Å²) >= 11 is 0. The molecule has 236 valence electrons. The first-order valence-electron chi connectivity index (χ1n) is 17.9. The Hall–Kier alpha value is -2.54. The van der Waals surface area contributed by atoms with Gasteiger partial charge in [-0.25, -0.2) is 0 Å². The first-order chi connectivity index (χ1) is 20.8. The molecule has 1 heteroatoms. The van der Waals surface area contributed by atoms with E-state index in [0.29, 0.717) is 11.7 Å². The van der Waals surface area contributed by atoms with E-state index in [-0.39, 0.29) is 5.92 Å². The van der Waals surface area contributed by atoms with Crippen LogP contribution in [0.2, 0.25) is 0 Å². The number of aryl methyl sites for hydroxylation is 2. The Balaban J connectivity index is 2.00. The summed E-state index contributed by atoms with van der Waals surface area (Å²) in [5, 5.41) is 11.3. The topological polar surface area (TPSA) is 20.2 Å². The largest absolute Gasteiger partial charge is 0.508 e. The normalized spacial score (nSPS) is 12.9. The van der Waals surface area contributed by atoms with E-state index in [9.17, 15) is 5.11 Å². The van der Waals surface area contributed by atoms with Gasteiger partial charge in [0.25, 0.3) is 0 Å². The van der Waals surface area contributed by atoms with Gasteiger partial charge in [0.2, 0.25) is 0 Å². The summed E-state index contributed by atoms with van der Waals surface area (Å²) in [6, 6.07) is 15.9. The number of aromatic hydroxyl groups is 1. The first kappa shape index (κ1) is 34.9. The second-order valence-electron chi connectivity index (χ2n) is 13.2. The van der Waals surface area contributed by atoms with Crippen LogP contribution in [0.25, 0.3) is 0 Å². The molecule has 2 unspecified atom stereocenters. The summed E-state index contributed by atoms with van der Waals surface area (Å²) < 4.78 is 0. The van der Waals surface area contributed by atoms with Crippen LogP contribution in [0.4, 0.5) is 0 Å². The SMILES string of the molecule is CCCc1ccc(CC(C)c2cccc(O)c2C(C)Cc2ccc(CCC)c(CCC)c2CCC)c(CCC)c1CCC. The summed E-state index contributed by atoms with van der Waals surface area (Å²) in [6.07, 6.45) is 16.1. The zero-order valence-corrected chi connectivity index (χ0v) is 29.0. The molecule has 0 saturated heterocycles. The van der Waals surface area contributed by atoms with Gasteiger partial charge in [0, 0.05) is 5.56 Å². The average molecular weight is 583 g/mol. The fourth-order valence-electron chi connectivity index (χ4n) is 7.62. The summed E-state index contributed by atoms with van der Waals surface area (Å²) in [5.41, 5.74) is 15.0. The van der Waals surface area contributed by atoms with Crippen LogP contribution in [0.1, 0.15) is 161 Å². The zero-order chi connectivity index (χ0) is 31.4. The molecule has 1 N–H and O–H groups in total. The van der Waals surface area contributed by atoms with Gasteiger partial charge in [0.1, 0.15) is 5.75 Å². The molecule has 2 atom stereocenters. The maximum Gasteiger partial charge on any atom is 0.119 e. The van der Waals surface area contributed by atoms with E-state index < -0.39 is 0 Å². The lowest BCUT2D eigenvalue weighted by atomic mass is 9.79. The van der Waals surface area contributed by atoms with Gasteiger partial charge in [-0.05, 0) is 119 Å². The van der Waals surface area contributed by atoms with Crippen LogP contribution in [0.15, 0.2) is 42.5 Å². The number of benzene rings is 3. The van der Waals surface area contributed by atoms with Gasteiger partial charge in [-0.3, -0.25) is 0 Å². The van der Waals surface area contributed by atoms with Crippen molar-refractivity contribution in [1.29, 1.82) is 0 Å². The van der Waals surface area contributed by atoms with E-state index >= 15 is 0 Å². The highest BCUT2D eigenvalue weighted by molar-refractivity contribution is 5.48. The Morgan fingerprint density at radius 3 is 1.26 bits per heavy atom. The molecule has 0 saturated carbocycles. The molecule has 43 heavy (non-hydrogen) atoms. The molecule has 0 aromatic heterocycles. The highest BCUT2D eigenvalue weighted by atomic mass is 16.3. The number of rotatable bonds is 18. The second kappa shape index (κ2) is 17.7. The minimum absolute atomic E-state index is 0.249. The predicted molar refractivity (Wildman–Crippen MR) is 189 cm³/mol. The second-order valence-corrected chi connectivity index (χ2v) is 13.2. The standard InChI is InChI=1S/C42H62O/c1-9-16-32-24-26-34(39(20-13-5)37(32)18-11-3)28-30(7)36-22-15-23-41(43)42(36)31(8)29-35-27-25-33(17-10-2)38(19-12-4)40(35)21-14-6/h15,22-27,30-31,43H,9-14,16-21,28-29H2,1-8H3. The first-order valence-corrected chi connectivity index (χ1v) is 17.9. The Bertz CT molecular complexity index is 1280. The van der Waals surface area contributed by atoms with Gasteiger partial charge in [-0.15, -0.1) is 0 Å². The van der Waals surface area contributed by atoms with E-state index in [4.69, 9.17) is 0 Å². The molecule has 3 rings (SSSR count). The third-order valence-corrected chi connectivity index (χ3v) is 9.48. The summed E-state index contributed by atoms with van der Waals surface area (Å²) in [4.78, 5) is 0. The molecule has 0 spiro atoms. The Morgan fingerprint density at radius 2 is 0.837 bits per heavy atom. The van der Waals surface area contributed by atoms with Crippen molar-refractivity contribution >= 4 is 0 Å². The van der Waals surface area contributed by atoms with Gasteiger partial charge in [-0.2, -0.15) is 0 Å². The molecule has 0 aliphatic heterocycles. The molecular formula is C42H62O. The quantitative estimate of drug-likeness (QED) is 0.158. The summed E-state index contributed by atoms with van der Waals surface area (Å²) in [7, 11) is 0. The number of hydrogen-bond donors (Lipinski definition) is 1. The van der Waals surface area contributed by atoms with E-state index in [1.807, 2.05) is 6.07 Å². The predicted octanol–water partition coefficient (Wildman–Crippen LogP) is 11.8. The van der Waals surface area contributed by atoms with Crippen molar-refractivity contribution in [3.8, 4) is 5.75 Å². The molecular weight excluding hydrogens is 520 g/mol. The number of phenolic OH excluding ortho intramolecular Hbond substituents is 1. The lowest BCUT2D eigenvalue weighted by Crippen LogP contribution is -2.12. The van der Waals surface area contributed by atoms with Crippen molar-refractivity contribution in [1.82, 2.24) is 0 Å². The lowest BCUT2D eigenvalue weighted by molar-refractivity contribution is 0.459. The van der Waals surface area contributed by atoms with Crippen LogP contribution >= 0.6 is 0 Å². The third kappa shape index (κ3) is 8.77. The smallest absolute Gasteiger partial charge is 0.119 e. The molecule has 3 aromatic carbocycles. The molecule has 0 amide bonds. The van der Waals surface area contributed by atoms with Gasteiger partial charge in [0.05, 0.1) is 0 Å². The molecule has 0 aliphatic rings. The van der Waals surface area contributed by atoms with Crippen molar-refractivity contribution < 1.29 is 5.11 Å². The number of phenols is 1. The monoisotopic (exact) mass is 582 g/mol. The van der Waals surface area contributed by atoms with Crippen LogP contribution in [0, 0.1) is 0 Å². The molecule has 1 nitrogen and oxygen atoms in total. The maximum absolute atomic E-state index is 11.3. The summed E-state index contributed by atoms with van der Waals surface area (Å²) in [6.45, 7) is 18.6. The fourth-order valence-corrected chi connectivity index (χ4v) is 7.62. The van der Waals surface area contributed by atoms with Crippen molar-refractivity contribution in [3.05, 3.63) is 98.1 Å². The summed E-state index contributed by atoms with van der Waals surface area (Å²) in [5.74, 6) is 1.05. The minimum atomic E-state index is 0.249. The zero-order valence-electron chi connectivity index (χ0n) is 29.0. The fraction of sp³-hybridized carbons (Fsp3) is 0.571. The minimum Gasteiger partial charge on any atom is -0.508 e. The number of hydrogen-bond acceptors (Lipinski definition) is 1. The Morgan fingerprint density at radius 1 is 0.465 bits per heavy atom. The van der Waals surface area contributed by atoms with Gasteiger partial charge in [-0.1, -0.05) is 130 Å². The maximum atomic E-state index is 11.3. The third-order valence-electron chi connectivity index (χ3n) is 9.48. The van der Waals surface area contributed by atoms with Gasteiger partial charge >= 0.3 is 0 Å². The molecule has 0 heterocycles. The van der Waals surface area contributed by atoms with Crippen LogP contribution in [-0.4, -0.2) is 5.11 Å². The van der Waals surface area contributed by atoms with Crippen LogP contribution in [0.5, 0.6) is 5.75 Å². The Kier molecular flexibility index (Phi) is 14.4. The molecule has 3 aromatic rings. The average Bonchev–Trinajstić information content (AvgIpc) is 2.98. The molecule has 0 fully saturated rings. The van der Waals surface area contributed by atoms with E-state index in [0.717, 1.165) is 31.2 Å². The Labute approximate surface area is 265 Å². The van der Waals surface area contributed by atoms with Crippen LogP contribution in [0.3, 0.4) is 0 Å². The van der Waals surface area contributed by atoms with Crippen molar-refractivity contribution in [2.24, 2.45) is 0 Å². The highest BCUT2D eigenvalue weighted by Gasteiger charge is 2.23. The van der Waals surface area contributed by atoms with Crippen molar-refractivity contribution in [3.63, 3.8) is 0 Å². The van der Waals surface area contributed by atoms with Gasteiger partial charge < -0.3 is 5.11 Å². The molecule has 0 bridgehead atoms.